The normalized spacial score (nSPS) is 11.4. The van der Waals surface area contributed by atoms with Gasteiger partial charge >= 0.3 is 0 Å². The van der Waals surface area contributed by atoms with E-state index in [1.807, 2.05) is 71.0 Å². The zero-order valence-electron chi connectivity index (χ0n) is 22.6. The highest BCUT2D eigenvalue weighted by molar-refractivity contribution is 7.90. The van der Waals surface area contributed by atoms with E-state index >= 15 is 0 Å². The van der Waals surface area contributed by atoms with Crippen LogP contribution in [0.3, 0.4) is 0 Å². The van der Waals surface area contributed by atoms with Crippen molar-refractivity contribution in [2.24, 2.45) is 7.05 Å². The third-order valence-corrected chi connectivity index (χ3v) is 8.72. The summed E-state index contributed by atoms with van der Waals surface area (Å²) < 4.78 is 44.7. The number of nitrogens with one attached hydrogen (secondary N) is 1. The van der Waals surface area contributed by atoms with Crippen molar-refractivity contribution in [3.05, 3.63) is 137 Å². The lowest BCUT2D eigenvalue weighted by atomic mass is 10.1. The quantitative estimate of drug-likeness (QED) is 0.274. The number of carbonyl (C=O) groups is 1. The van der Waals surface area contributed by atoms with Crippen LogP contribution in [0.4, 0.5) is 4.39 Å². The van der Waals surface area contributed by atoms with E-state index in [1.165, 1.54) is 42.5 Å². The molecule has 1 N–H and O–H groups in total. The van der Waals surface area contributed by atoms with Gasteiger partial charge in [0.2, 0.25) is 0 Å². The second kappa shape index (κ2) is 11.0. The van der Waals surface area contributed by atoms with Crippen LogP contribution < -0.4 is 5.32 Å². The van der Waals surface area contributed by atoms with E-state index in [9.17, 15) is 17.6 Å². The molecule has 0 aliphatic heterocycles. The van der Waals surface area contributed by atoms with Gasteiger partial charge in [0.15, 0.2) is 9.84 Å². The lowest BCUT2D eigenvalue weighted by Crippen LogP contribution is -2.23. The first kappa shape index (κ1) is 27.0. The second-order valence-corrected chi connectivity index (χ2v) is 11.9. The van der Waals surface area contributed by atoms with Crippen molar-refractivity contribution in [2.45, 2.75) is 17.2 Å². The number of sulfone groups is 1. The topological polar surface area (TPSA) is 85.5 Å². The van der Waals surface area contributed by atoms with Crippen LogP contribution in [0.2, 0.25) is 0 Å². The second-order valence-electron chi connectivity index (χ2n) is 9.92. The fourth-order valence-electron chi connectivity index (χ4n) is 4.88. The minimum atomic E-state index is -3.86. The zero-order valence-corrected chi connectivity index (χ0v) is 23.4. The number of nitrogens with zero attached hydrogens (tertiary/aromatic N) is 3. The van der Waals surface area contributed by atoms with Crippen molar-refractivity contribution < 1.29 is 17.6 Å². The third kappa shape index (κ3) is 5.53. The summed E-state index contributed by atoms with van der Waals surface area (Å²) in [6, 6.07) is 21.4. The van der Waals surface area contributed by atoms with E-state index in [1.54, 1.807) is 6.20 Å². The van der Waals surface area contributed by atoms with Crippen LogP contribution in [0.15, 0.2) is 109 Å². The number of carbonyl (C=O) groups excluding carboxylic acids is 1. The van der Waals surface area contributed by atoms with Gasteiger partial charge in [0.1, 0.15) is 11.5 Å². The Balaban J connectivity index is 1.33. The molecule has 3 aromatic heterocycles. The third-order valence-electron chi connectivity index (χ3n) is 7.00. The van der Waals surface area contributed by atoms with E-state index in [0.717, 1.165) is 22.1 Å². The summed E-state index contributed by atoms with van der Waals surface area (Å²) >= 11 is 0. The maximum Gasteiger partial charge on any atom is 0.251 e. The van der Waals surface area contributed by atoms with Crippen molar-refractivity contribution in [3.63, 3.8) is 0 Å². The van der Waals surface area contributed by atoms with E-state index in [-0.39, 0.29) is 34.2 Å². The largest absolute Gasteiger partial charge is 0.350 e. The Bertz CT molecular complexity index is 2140. The van der Waals surface area contributed by atoms with E-state index < -0.39 is 15.7 Å². The summed E-state index contributed by atoms with van der Waals surface area (Å²) in [7, 11) is -1.99. The number of imidazole rings is 1. The van der Waals surface area contributed by atoms with Crippen molar-refractivity contribution in [2.75, 3.05) is 0 Å². The molecule has 9 heteroatoms. The first-order chi connectivity index (χ1) is 20.3. The van der Waals surface area contributed by atoms with E-state index in [2.05, 4.69) is 22.1 Å². The standard InChI is InChI=1S/C33H25FN4O3S/c1-37-21-27(29-4-2-3-5-30(29)37)22-42(40,41)31-13-10-26(19-25(31)9-6-23-7-11-28(34)12-8-23)33(39)36-20-24-14-16-38-17-15-35-32(38)18-24/h2-5,7-8,10-19,21H,20,22H2,1H3,(H,36,39). The van der Waals surface area contributed by atoms with Crippen LogP contribution in [0.25, 0.3) is 16.6 Å². The molecule has 0 spiro atoms. The van der Waals surface area contributed by atoms with Crippen LogP contribution >= 0.6 is 0 Å². The fraction of sp³-hybridized carbons (Fsp3) is 0.0909. The summed E-state index contributed by atoms with van der Waals surface area (Å²) in [6.07, 6.45) is 7.21. The van der Waals surface area contributed by atoms with Crippen LogP contribution in [0.5, 0.6) is 0 Å². The first-order valence-electron chi connectivity index (χ1n) is 13.1. The molecule has 0 unspecified atom stereocenters. The van der Waals surface area contributed by atoms with Crippen LogP contribution in [0, 0.1) is 17.7 Å². The van der Waals surface area contributed by atoms with E-state index in [4.69, 9.17) is 0 Å². The van der Waals surface area contributed by atoms with E-state index in [0.29, 0.717) is 11.1 Å². The minimum absolute atomic E-state index is 0.0198. The number of halogens is 1. The van der Waals surface area contributed by atoms with Gasteiger partial charge in [-0.1, -0.05) is 30.0 Å². The molecule has 0 fully saturated rings. The molecule has 0 aliphatic rings. The van der Waals surface area contributed by atoms with Crippen LogP contribution in [-0.2, 0) is 29.2 Å². The molecule has 42 heavy (non-hydrogen) atoms. The molecular weight excluding hydrogens is 551 g/mol. The van der Waals surface area contributed by atoms with Crippen molar-refractivity contribution in [1.29, 1.82) is 0 Å². The molecule has 3 aromatic carbocycles. The molecular formula is C33H25FN4O3S. The molecule has 6 aromatic rings. The summed E-state index contributed by atoms with van der Waals surface area (Å²) in [5.74, 6) is 4.82. The Morgan fingerprint density at radius 2 is 1.79 bits per heavy atom. The molecule has 1 amide bonds. The van der Waals surface area contributed by atoms with Crippen LogP contribution in [0.1, 0.15) is 32.6 Å². The number of rotatable bonds is 6. The Morgan fingerprint density at radius 3 is 2.62 bits per heavy atom. The highest BCUT2D eigenvalue weighted by Gasteiger charge is 2.22. The monoisotopic (exact) mass is 576 g/mol. The van der Waals surface area contributed by atoms with Crippen molar-refractivity contribution in [3.8, 4) is 11.8 Å². The van der Waals surface area contributed by atoms with Crippen molar-refractivity contribution >= 4 is 32.3 Å². The van der Waals surface area contributed by atoms with Crippen LogP contribution in [-0.4, -0.2) is 28.3 Å². The maximum absolute atomic E-state index is 13.8. The lowest BCUT2D eigenvalue weighted by molar-refractivity contribution is 0.0950. The van der Waals surface area contributed by atoms with Gasteiger partial charge in [-0.25, -0.2) is 17.8 Å². The molecule has 3 heterocycles. The summed E-state index contributed by atoms with van der Waals surface area (Å²) in [4.78, 5) is 17.4. The molecule has 6 rings (SSSR count). The molecule has 0 saturated heterocycles. The van der Waals surface area contributed by atoms with Gasteiger partial charge in [-0.05, 0) is 71.8 Å². The molecule has 0 atom stereocenters. The Hall–Kier alpha value is -5.20. The van der Waals surface area contributed by atoms with Gasteiger partial charge in [0.05, 0.1) is 10.6 Å². The summed E-state index contributed by atoms with van der Waals surface area (Å²) in [5, 5.41) is 3.74. The minimum Gasteiger partial charge on any atom is -0.350 e. The highest BCUT2D eigenvalue weighted by atomic mass is 32.2. The average molecular weight is 577 g/mol. The van der Waals surface area contributed by atoms with Gasteiger partial charge in [0, 0.05) is 66.0 Å². The number of amides is 1. The number of aryl methyl sites for hydroxylation is 1. The van der Waals surface area contributed by atoms with Gasteiger partial charge in [-0.2, -0.15) is 0 Å². The molecule has 0 aliphatic carbocycles. The predicted octanol–water partition coefficient (Wildman–Crippen LogP) is 5.27. The number of pyridine rings is 1. The number of fused-ring (bicyclic) bond motifs is 2. The number of para-hydroxylation sites is 1. The summed E-state index contributed by atoms with van der Waals surface area (Å²) in [6.45, 7) is 0.264. The van der Waals surface area contributed by atoms with Gasteiger partial charge in [0.25, 0.3) is 5.91 Å². The highest BCUT2D eigenvalue weighted by Crippen LogP contribution is 2.27. The van der Waals surface area contributed by atoms with Gasteiger partial charge in [-0.3, -0.25) is 4.79 Å². The van der Waals surface area contributed by atoms with Crippen molar-refractivity contribution in [1.82, 2.24) is 19.3 Å². The number of benzene rings is 3. The van der Waals surface area contributed by atoms with Gasteiger partial charge in [-0.15, -0.1) is 0 Å². The maximum atomic E-state index is 13.8. The number of hydrogen-bond acceptors (Lipinski definition) is 4. The first-order valence-corrected chi connectivity index (χ1v) is 14.8. The summed E-state index contributed by atoms with van der Waals surface area (Å²) in [5.41, 5.74) is 4.20. The lowest BCUT2D eigenvalue weighted by Gasteiger charge is -2.10. The fourth-order valence-corrected chi connectivity index (χ4v) is 6.40. The molecule has 0 radical (unpaired) electrons. The predicted molar refractivity (Wildman–Crippen MR) is 159 cm³/mol. The molecule has 208 valence electrons. The Labute approximate surface area is 242 Å². The smallest absolute Gasteiger partial charge is 0.251 e. The SMILES string of the molecule is Cn1cc(CS(=O)(=O)c2ccc(C(=O)NCc3ccn4ccnc4c3)cc2C#Cc2ccc(F)cc2)c2ccccc21. The number of aromatic nitrogens is 3. The average Bonchev–Trinajstić information content (AvgIpc) is 3.59. The zero-order chi connectivity index (χ0) is 29.3. The molecule has 0 saturated carbocycles. The van der Waals surface area contributed by atoms with Gasteiger partial charge < -0.3 is 14.3 Å². The molecule has 0 bridgehead atoms. The molecule has 7 nitrogen and oxygen atoms in total. The number of hydrogen-bond donors (Lipinski definition) is 1. The Morgan fingerprint density at radius 1 is 0.976 bits per heavy atom. The Kier molecular flexibility index (Phi) is 7.07.